The highest BCUT2D eigenvalue weighted by Gasteiger charge is 2.19. The molecule has 0 bridgehead atoms. The number of amides is 1. The standard InChI is InChI=1S/C16H17N3O2/c1-11-4-2-3-5-14(11)16(20)19-12-6-7-18-15(8-12)21-13-9-17-10-13/h2-8,13,17H,9-10H2,1H3,(H,18,19,20). The molecule has 5 nitrogen and oxygen atoms in total. The number of aryl methyl sites for hydroxylation is 1. The predicted molar refractivity (Wildman–Crippen MR) is 80.7 cm³/mol. The molecule has 1 fully saturated rings. The van der Waals surface area contributed by atoms with Crippen molar-refractivity contribution in [2.75, 3.05) is 18.4 Å². The van der Waals surface area contributed by atoms with E-state index in [9.17, 15) is 4.79 Å². The second-order valence-electron chi connectivity index (χ2n) is 5.05. The summed E-state index contributed by atoms with van der Waals surface area (Å²) in [6.07, 6.45) is 1.80. The molecule has 2 heterocycles. The average molecular weight is 283 g/mol. The van der Waals surface area contributed by atoms with Crippen molar-refractivity contribution in [3.05, 3.63) is 53.7 Å². The third-order valence-electron chi connectivity index (χ3n) is 3.41. The first-order chi connectivity index (χ1) is 10.2. The van der Waals surface area contributed by atoms with Gasteiger partial charge in [-0.15, -0.1) is 0 Å². The van der Waals surface area contributed by atoms with Crippen molar-refractivity contribution in [2.45, 2.75) is 13.0 Å². The summed E-state index contributed by atoms with van der Waals surface area (Å²) in [7, 11) is 0. The van der Waals surface area contributed by atoms with Crippen LogP contribution in [0.5, 0.6) is 5.88 Å². The average Bonchev–Trinajstić information content (AvgIpc) is 2.44. The molecule has 21 heavy (non-hydrogen) atoms. The summed E-state index contributed by atoms with van der Waals surface area (Å²) in [5.74, 6) is 0.402. The molecule has 1 amide bonds. The van der Waals surface area contributed by atoms with Gasteiger partial charge in [0.15, 0.2) is 0 Å². The monoisotopic (exact) mass is 283 g/mol. The summed E-state index contributed by atoms with van der Waals surface area (Å²) in [6.45, 7) is 3.59. The van der Waals surface area contributed by atoms with Gasteiger partial charge < -0.3 is 15.4 Å². The fraction of sp³-hybridized carbons (Fsp3) is 0.250. The molecule has 0 atom stereocenters. The summed E-state index contributed by atoms with van der Waals surface area (Å²) in [5.41, 5.74) is 2.29. The van der Waals surface area contributed by atoms with Crippen LogP contribution in [0.4, 0.5) is 5.69 Å². The molecule has 0 saturated carbocycles. The summed E-state index contributed by atoms with van der Waals surface area (Å²) in [4.78, 5) is 16.4. The number of carbonyl (C=O) groups is 1. The summed E-state index contributed by atoms with van der Waals surface area (Å²) >= 11 is 0. The first kappa shape index (κ1) is 13.6. The van der Waals surface area contributed by atoms with Gasteiger partial charge in [-0.3, -0.25) is 4.79 Å². The molecule has 0 radical (unpaired) electrons. The third kappa shape index (κ3) is 3.20. The maximum Gasteiger partial charge on any atom is 0.255 e. The number of benzene rings is 1. The van der Waals surface area contributed by atoms with Gasteiger partial charge >= 0.3 is 0 Å². The zero-order valence-electron chi connectivity index (χ0n) is 11.8. The maximum atomic E-state index is 12.3. The lowest BCUT2D eigenvalue weighted by molar-refractivity contribution is 0.102. The Hall–Kier alpha value is -2.40. The predicted octanol–water partition coefficient (Wildman–Crippen LogP) is 1.99. The van der Waals surface area contributed by atoms with Gasteiger partial charge in [0.1, 0.15) is 6.10 Å². The Balaban J connectivity index is 1.71. The van der Waals surface area contributed by atoms with Crippen LogP contribution in [0.25, 0.3) is 0 Å². The van der Waals surface area contributed by atoms with Crippen molar-refractivity contribution >= 4 is 11.6 Å². The highest BCUT2D eigenvalue weighted by Crippen LogP contribution is 2.18. The first-order valence-corrected chi connectivity index (χ1v) is 6.93. The number of anilines is 1. The number of aromatic nitrogens is 1. The zero-order valence-corrected chi connectivity index (χ0v) is 11.8. The van der Waals surface area contributed by atoms with Crippen molar-refractivity contribution in [1.82, 2.24) is 10.3 Å². The lowest BCUT2D eigenvalue weighted by Crippen LogP contribution is -2.50. The minimum absolute atomic E-state index is 0.129. The van der Waals surface area contributed by atoms with E-state index in [1.165, 1.54) is 0 Å². The lowest BCUT2D eigenvalue weighted by atomic mass is 10.1. The SMILES string of the molecule is Cc1ccccc1C(=O)Nc1ccnc(OC2CNC2)c1. The third-order valence-corrected chi connectivity index (χ3v) is 3.41. The smallest absolute Gasteiger partial charge is 0.255 e. The Morgan fingerprint density at radius 2 is 2.14 bits per heavy atom. The Morgan fingerprint density at radius 3 is 2.86 bits per heavy atom. The van der Waals surface area contributed by atoms with Gasteiger partial charge in [-0.1, -0.05) is 18.2 Å². The van der Waals surface area contributed by atoms with Crippen molar-refractivity contribution < 1.29 is 9.53 Å². The topological polar surface area (TPSA) is 63.2 Å². The zero-order chi connectivity index (χ0) is 14.7. The molecule has 0 aliphatic carbocycles. The summed E-state index contributed by atoms with van der Waals surface area (Å²) in [6, 6.07) is 11.0. The highest BCUT2D eigenvalue weighted by molar-refractivity contribution is 6.05. The molecule has 2 N–H and O–H groups in total. The number of rotatable bonds is 4. The minimum Gasteiger partial charge on any atom is -0.472 e. The number of nitrogens with one attached hydrogen (secondary N) is 2. The normalized spacial score (nSPS) is 14.3. The molecular weight excluding hydrogens is 266 g/mol. The number of hydrogen-bond acceptors (Lipinski definition) is 4. The van der Waals surface area contributed by atoms with E-state index in [4.69, 9.17) is 4.74 Å². The van der Waals surface area contributed by atoms with E-state index in [-0.39, 0.29) is 12.0 Å². The minimum atomic E-state index is -0.129. The Labute approximate surface area is 123 Å². The van der Waals surface area contributed by atoms with Gasteiger partial charge in [0.05, 0.1) is 0 Å². The van der Waals surface area contributed by atoms with Crippen LogP contribution in [0.3, 0.4) is 0 Å². The van der Waals surface area contributed by atoms with Crippen LogP contribution in [-0.4, -0.2) is 30.1 Å². The van der Waals surface area contributed by atoms with Crippen LogP contribution in [0.2, 0.25) is 0 Å². The Morgan fingerprint density at radius 1 is 1.33 bits per heavy atom. The number of hydrogen-bond donors (Lipinski definition) is 2. The van der Waals surface area contributed by atoms with Crippen LogP contribution in [0.15, 0.2) is 42.6 Å². The second kappa shape index (κ2) is 5.93. The Kier molecular flexibility index (Phi) is 3.83. The summed E-state index contributed by atoms with van der Waals surface area (Å²) in [5, 5.41) is 6.01. The maximum absolute atomic E-state index is 12.3. The molecule has 1 aliphatic heterocycles. The number of ether oxygens (including phenoxy) is 1. The molecule has 0 unspecified atom stereocenters. The van der Waals surface area contributed by atoms with E-state index in [1.807, 2.05) is 31.2 Å². The van der Waals surface area contributed by atoms with Gasteiger partial charge in [0.25, 0.3) is 5.91 Å². The molecule has 1 saturated heterocycles. The Bertz CT molecular complexity index is 653. The van der Waals surface area contributed by atoms with E-state index in [0.717, 1.165) is 18.7 Å². The number of pyridine rings is 1. The van der Waals surface area contributed by atoms with Crippen molar-refractivity contribution in [3.8, 4) is 5.88 Å². The van der Waals surface area contributed by atoms with E-state index >= 15 is 0 Å². The molecule has 108 valence electrons. The van der Waals surface area contributed by atoms with Gasteiger partial charge in [-0.25, -0.2) is 4.98 Å². The highest BCUT2D eigenvalue weighted by atomic mass is 16.5. The molecule has 1 aromatic carbocycles. The lowest BCUT2D eigenvalue weighted by Gasteiger charge is -2.27. The summed E-state index contributed by atoms with van der Waals surface area (Å²) < 4.78 is 5.68. The molecule has 5 heteroatoms. The first-order valence-electron chi connectivity index (χ1n) is 6.93. The molecular formula is C16H17N3O2. The van der Waals surface area contributed by atoms with Gasteiger partial charge in [0, 0.05) is 36.6 Å². The van der Waals surface area contributed by atoms with Crippen LogP contribution in [-0.2, 0) is 0 Å². The van der Waals surface area contributed by atoms with E-state index in [1.54, 1.807) is 18.3 Å². The quantitative estimate of drug-likeness (QED) is 0.901. The van der Waals surface area contributed by atoms with Crippen LogP contribution in [0.1, 0.15) is 15.9 Å². The van der Waals surface area contributed by atoms with E-state index in [0.29, 0.717) is 17.1 Å². The molecule has 1 aromatic heterocycles. The molecule has 0 spiro atoms. The van der Waals surface area contributed by atoms with Gasteiger partial charge in [0.2, 0.25) is 5.88 Å². The van der Waals surface area contributed by atoms with Crippen LogP contribution < -0.4 is 15.4 Å². The molecule has 3 rings (SSSR count). The van der Waals surface area contributed by atoms with Crippen LogP contribution in [0, 0.1) is 6.92 Å². The van der Waals surface area contributed by atoms with Crippen molar-refractivity contribution in [3.63, 3.8) is 0 Å². The van der Waals surface area contributed by atoms with Gasteiger partial charge in [-0.2, -0.15) is 0 Å². The van der Waals surface area contributed by atoms with Crippen LogP contribution >= 0.6 is 0 Å². The number of carbonyl (C=O) groups excluding carboxylic acids is 1. The fourth-order valence-corrected chi connectivity index (χ4v) is 2.09. The molecule has 2 aromatic rings. The molecule has 1 aliphatic rings. The van der Waals surface area contributed by atoms with Crippen molar-refractivity contribution in [1.29, 1.82) is 0 Å². The van der Waals surface area contributed by atoms with E-state index in [2.05, 4.69) is 15.6 Å². The van der Waals surface area contributed by atoms with Crippen molar-refractivity contribution in [2.24, 2.45) is 0 Å². The largest absolute Gasteiger partial charge is 0.472 e. The second-order valence-corrected chi connectivity index (χ2v) is 5.05. The van der Waals surface area contributed by atoms with Gasteiger partial charge in [-0.05, 0) is 24.6 Å². The fourth-order valence-electron chi connectivity index (χ4n) is 2.09. The van der Waals surface area contributed by atoms with E-state index < -0.39 is 0 Å². The number of nitrogens with zero attached hydrogens (tertiary/aromatic N) is 1.